The molecule has 56 heavy (non-hydrogen) atoms. The maximum atomic E-state index is 12.2. The lowest BCUT2D eigenvalue weighted by Gasteiger charge is -2.11. The third kappa shape index (κ3) is 18.6. The van der Waals surface area contributed by atoms with Gasteiger partial charge in [-0.15, -0.1) is 0 Å². The van der Waals surface area contributed by atoms with Gasteiger partial charge < -0.3 is 5.53 Å². The van der Waals surface area contributed by atoms with Gasteiger partial charge in [-0.25, -0.2) is 4.70 Å². The van der Waals surface area contributed by atoms with Crippen molar-refractivity contribution in [2.24, 2.45) is 0 Å². The van der Waals surface area contributed by atoms with Crippen LogP contribution in [0.15, 0.2) is 59.7 Å². The Bertz CT molecular complexity index is 1440. The van der Waals surface area contributed by atoms with Crippen LogP contribution >= 0.6 is 0 Å². The molecule has 0 aliphatic carbocycles. The molecule has 0 atom stereocenters. The molecule has 0 amide bonds. The van der Waals surface area contributed by atoms with Crippen LogP contribution in [0.4, 0.5) is 0 Å². The number of hydrogen-bond donors (Lipinski definition) is 0. The summed E-state index contributed by atoms with van der Waals surface area (Å²) in [7, 11) is 0. The molecule has 310 valence electrons. The van der Waals surface area contributed by atoms with Crippen LogP contribution < -0.4 is 0 Å². The van der Waals surface area contributed by atoms with Crippen molar-refractivity contribution in [3.63, 3.8) is 0 Å². The second-order valence-corrected chi connectivity index (χ2v) is 17.0. The van der Waals surface area contributed by atoms with E-state index in [9.17, 15) is 5.53 Å². The van der Waals surface area contributed by atoms with Crippen molar-refractivity contribution < 1.29 is 4.70 Å². The second-order valence-electron chi connectivity index (χ2n) is 17.0. The summed E-state index contributed by atoms with van der Waals surface area (Å²) in [6.45, 7) is 9.16. The van der Waals surface area contributed by atoms with E-state index in [2.05, 4.69) is 88.1 Å². The molecule has 0 radical (unpaired) electrons. The van der Waals surface area contributed by atoms with Crippen LogP contribution in [0.5, 0.6) is 0 Å². The quantitative estimate of drug-likeness (QED) is 0.0393. The zero-order valence-corrected chi connectivity index (χ0v) is 37.1. The summed E-state index contributed by atoms with van der Waals surface area (Å²) in [4.78, 5) is 0. The van der Waals surface area contributed by atoms with Crippen LogP contribution in [0.2, 0.25) is 0 Å². The fourth-order valence-electron chi connectivity index (χ4n) is 8.36. The molecule has 1 aliphatic heterocycles. The zero-order chi connectivity index (χ0) is 39.9. The Balaban J connectivity index is 1.82. The van der Waals surface area contributed by atoms with Gasteiger partial charge >= 0.3 is 0 Å². The van der Waals surface area contributed by atoms with E-state index in [1.807, 2.05) is 0 Å². The fourth-order valence-corrected chi connectivity index (χ4v) is 8.36. The van der Waals surface area contributed by atoms with Crippen LogP contribution in [0.1, 0.15) is 243 Å². The van der Waals surface area contributed by atoms with E-state index in [0.29, 0.717) is 0 Å². The highest BCUT2D eigenvalue weighted by molar-refractivity contribution is 5.85. The monoisotopic (exact) mass is 761 g/mol. The second kappa shape index (κ2) is 31.1. The van der Waals surface area contributed by atoms with Gasteiger partial charge in [-0.1, -0.05) is 218 Å². The Morgan fingerprint density at radius 3 is 1.14 bits per heavy atom. The lowest BCUT2D eigenvalue weighted by molar-refractivity contribution is -0.345. The third-order valence-electron chi connectivity index (χ3n) is 12.0. The van der Waals surface area contributed by atoms with E-state index in [4.69, 9.17) is 0 Å². The Labute approximate surface area is 347 Å². The van der Waals surface area contributed by atoms with Crippen molar-refractivity contribution in [3.05, 3.63) is 87.5 Å². The van der Waals surface area contributed by atoms with Crippen molar-refractivity contribution in [1.82, 2.24) is 0 Å². The van der Waals surface area contributed by atoms with E-state index in [1.165, 1.54) is 188 Å². The number of benzene rings is 2. The summed E-state index contributed by atoms with van der Waals surface area (Å²) in [6, 6.07) is 18.2. The molecule has 0 saturated carbocycles. The normalized spacial score (nSPS) is 12.9. The molecule has 1 heterocycles. The van der Waals surface area contributed by atoms with Crippen LogP contribution in [-0.2, 0) is 12.8 Å². The molecular formula is C54H84N2. The number of allylic oxidation sites excluding steroid dienone is 2. The molecule has 0 aromatic heterocycles. The molecule has 2 aromatic carbocycles. The first-order valence-corrected chi connectivity index (χ1v) is 24.3. The summed E-state index contributed by atoms with van der Waals surface area (Å²) in [5, 5.41) is 0. The fraction of sp³-hybridized carbons (Fsp3) is 0.667. The van der Waals surface area contributed by atoms with Gasteiger partial charge in [0.05, 0.1) is 0 Å². The number of nitrogens with zero attached hydrogens (tertiary/aromatic N) is 2. The zero-order valence-electron chi connectivity index (χ0n) is 37.1. The van der Waals surface area contributed by atoms with Gasteiger partial charge in [-0.05, 0) is 80.3 Å². The van der Waals surface area contributed by atoms with Crippen molar-refractivity contribution in [2.45, 2.75) is 233 Å². The van der Waals surface area contributed by atoms with Gasteiger partial charge in [-0.3, -0.25) is 0 Å². The first-order chi connectivity index (χ1) is 27.6. The average Bonchev–Trinajstić information content (AvgIpc) is 3.49. The van der Waals surface area contributed by atoms with Gasteiger partial charge in [0.25, 0.3) is 0 Å². The molecule has 2 heteroatoms. The van der Waals surface area contributed by atoms with E-state index >= 15 is 0 Å². The van der Waals surface area contributed by atoms with Gasteiger partial charge in [-0.2, -0.15) is 0 Å². The number of unbranched alkanes of at least 4 members (excludes halogenated alkanes) is 25. The summed E-state index contributed by atoms with van der Waals surface area (Å²) < 4.78 is 1.52. The lowest BCUT2D eigenvalue weighted by Crippen LogP contribution is -2.03. The first kappa shape index (κ1) is 47.5. The molecule has 2 nitrogen and oxygen atoms in total. The topological polar surface area (TPSA) is 25.3 Å². The first-order valence-electron chi connectivity index (χ1n) is 24.3. The Kier molecular flexibility index (Phi) is 26.4. The predicted octanol–water partition coefficient (Wildman–Crippen LogP) is 17.7. The molecule has 0 unspecified atom stereocenters. The molecule has 0 bridgehead atoms. The molecule has 0 saturated heterocycles. The highest BCUT2D eigenvalue weighted by Crippen LogP contribution is 2.42. The van der Waals surface area contributed by atoms with Gasteiger partial charge in [0.1, 0.15) is 5.57 Å². The van der Waals surface area contributed by atoms with E-state index in [-0.39, 0.29) is 0 Å². The average molecular weight is 761 g/mol. The number of aryl methyl sites for hydroxylation is 2. The smallest absolute Gasteiger partial charge is 0.223 e. The summed E-state index contributed by atoms with van der Waals surface area (Å²) in [5.74, 6) is 7.33. The standard InChI is InChI=1S/C54H84N2/c1-5-9-13-17-21-22-23-24-25-26-30-34-38-52-51(37-33-29-20-16-12-8-4)53(49-43-39-47(40-44-49)35-31-27-18-14-10-6-2)56(55)54(52)50-45-41-48(42-46-50)36-32-28-19-15-11-7-3/h39-46H,5-33,35-37H2,1-4H3. The third-order valence-corrected chi connectivity index (χ3v) is 12.0. The van der Waals surface area contributed by atoms with Gasteiger partial charge in [0, 0.05) is 23.1 Å². The minimum Gasteiger partial charge on any atom is -0.493 e. The maximum absolute atomic E-state index is 12.2. The van der Waals surface area contributed by atoms with Gasteiger partial charge in [0.15, 0.2) is 0 Å². The molecule has 0 spiro atoms. The maximum Gasteiger partial charge on any atom is 0.223 e. The number of hydrogen-bond acceptors (Lipinski definition) is 0. The Morgan fingerprint density at radius 2 is 0.732 bits per heavy atom. The summed E-state index contributed by atoms with van der Waals surface area (Å²) >= 11 is 0. The highest BCUT2D eigenvalue weighted by atomic mass is 15.2. The minimum atomic E-state index is 0.874. The Hall–Kier alpha value is -2.92. The minimum absolute atomic E-state index is 0.874. The summed E-state index contributed by atoms with van der Waals surface area (Å²) in [5.41, 5.74) is 21.3. The largest absolute Gasteiger partial charge is 0.493 e. The van der Waals surface area contributed by atoms with Crippen LogP contribution in [-0.4, -0.2) is 4.70 Å². The molecule has 2 aromatic rings. The van der Waals surface area contributed by atoms with E-state index in [0.717, 1.165) is 66.6 Å². The number of rotatable bonds is 33. The predicted molar refractivity (Wildman–Crippen MR) is 247 cm³/mol. The lowest BCUT2D eigenvalue weighted by atomic mass is 9.94. The SMILES string of the molecule is CCCCCCCCCCCCC#CC1=C(c2ccc(CCCCCCCC)cc2)[N+](=[N-])C(c2ccc(CCCCCCCC)cc2)=C1CCCCCCCC. The Morgan fingerprint density at radius 1 is 0.393 bits per heavy atom. The van der Waals surface area contributed by atoms with E-state index in [1.54, 1.807) is 0 Å². The van der Waals surface area contributed by atoms with E-state index < -0.39 is 0 Å². The van der Waals surface area contributed by atoms with Crippen molar-refractivity contribution >= 4 is 11.4 Å². The van der Waals surface area contributed by atoms with Crippen molar-refractivity contribution in [3.8, 4) is 11.8 Å². The molecule has 1 aliphatic rings. The highest BCUT2D eigenvalue weighted by Gasteiger charge is 2.35. The summed E-state index contributed by atoms with van der Waals surface area (Å²) in [6.07, 6.45) is 40.9. The van der Waals surface area contributed by atoms with Crippen LogP contribution in [0, 0.1) is 11.8 Å². The van der Waals surface area contributed by atoms with Gasteiger partial charge in [0.2, 0.25) is 11.4 Å². The van der Waals surface area contributed by atoms with Crippen LogP contribution in [0.25, 0.3) is 16.9 Å². The molecule has 3 rings (SSSR count). The van der Waals surface area contributed by atoms with Crippen molar-refractivity contribution in [1.29, 1.82) is 0 Å². The molecule has 0 N–H and O–H groups in total. The molecule has 0 fully saturated rings. The molecular weight excluding hydrogens is 677 g/mol. The van der Waals surface area contributed by atoms with Crippen LogP contribution in [0.3, 0.4) is 0 Å². The van der Waals surface area contributed by atoms with Crippen molar-refractivity contribution in [2.75, 3.05) is 0 Å².